The first-order valence-electron chi connectivity index (χ1n) is 9.28. The van der Waals surface area contributed by atoms with Crippen LogP contribution in [0, 0.1) is 11.8 Å². The molecule has 146 valence electrons. The lowest BCUT2D eigenvalue weighted by atomic mass is 9.99. The Morgan fingerprint density at radius 1 is 1.00 bits per heavy atom. The second kappa shape index (κ2) is 10.9. The summed E-state index contributed by atoms with van der Waals surface area (Å²) in [5.41, 5.74) is 0.702. The van der Waals surface area contributed by atoms with Crippen molar-refractivity contribution >= 4 is 17.5 Å². The second-order valence-corrected chi connectivity index (χ2v) is 7.52. The Morgan fingerprint density at radius 3 is 2.12 bits per heavy atom. The first-order chi connectivity index (χ1) is 12.2. The van der Waals surface area contributed by atoms with Crippen molar-refractivity contribution < 1.29 is 14.7 Å². The Bertz CT molecular complexity index is 559. The van der Waals surface area contributed by atoms with Crippen LogP contribution in [0.15, 0.2) is 30.3 Å². The molecule has 0 aromatic heterocycles. The molecule has 0 spiro atoms. The van der Waals surface area contributed by atoms with E-state index in [0.717, 1.165) is 0 Å². The van der Waals surface area contributed by atoms with Crippen molar-refractivity contribution in [2.24, 2.45) is 11.8 Å². The number of anilines is 1. The van der Waals surface area contributed by atoms with Crippen molar-refractivity contribution in [1.29, 1.82) is 0 Å². The third-order valence-electron chi connectivity index (χ3n) is 3.96. The molecule has 0 aliphatic rings. The first-order valence-corrected chi connectivity index (χ1v) is 9.28. The number of benzene rings is 1. The third kappa shape index (κ3) is 7.97. The van der Waals surface area contributed by atoms with Crippen molar-refractivity contribution in [2.45, 2.75) is 59.2 Å². The normalized spacial score (nSPS) is 14.8. The van der Waals surface area contributed by atoms with Crippen LogP contribution in [0.2, 0.25) is 0 Å². The van der Waals surface area contributed by atoms with Crippen LogP contribution in [0.1, 0.15) is 41.0 Å². The van der Waals surface area contributed by atoms with Gasteiger partial charge >= 0.3 is 0 Å². The summed E-state index contributed by atoms with van der Waals surface area (Å²) in [5.74, 6) is -0.166. The zero-order chi connectivity index (χ0) is 19.7. The van der Waals surface area contributed by atoms with Gasteiger partial charge in [-0.3, -0.25) is 9.59 Å². The van der Waals surface area contributed by atoms with Gasteiger partial charge in [0.05, 0.1) is 12.1 Å². The lowest BCUT2D eigenvalue weighted by molar-refractivity contribution is -0.129. The lowest BCUT2D eigenvalue weighted by Crippen LogP contribution is -2.54. The molecule has 4 N–H and O–H groups in total. The molecule has 1 rings (SSSR count). The number of hydrogen-bond donors (Lipinski definition) is 4. The molecule has 0 saturated heterocycles. The lowest BCUT2D eigenvalue weighted by Gasteiger charge is -2.26. The molecule has 0 fully saturated rings. The number of nitrogens with one attached hydrogen (secondary N) is 3. The molecule has 0 radical (unpaired) electrons. The van der Waals surface area contributed by atoms with Gasteiger partial charge in [-0.25, -0.2) is 0 Å². The van der Waals surface area contributed by atoms with Crippen LogP contribution in [0.3, 0.4) is 0 Å². The molecule has 6 heteroatoms. The van der Waals surface area contributed by atoms with E-state index >= 15 is 0 Å². The summed E-state index contributed by atoms with van der Waals surface area (Å²) in [4.78, 5) is 25.4. The van der Waals surface area contributed by atoms with E-state index in [4.69, 9.17) is 0 Å². The summed E-state index contributed by atoms with van der Waals surface area (Å²) in [7, 11) is 0. The van der Waals surface area contributed by atoms with Crippen LogP contribution in [0.5, 0.6) is 0 Å². The van der Waals surface area contributed by atoms with Crippen LogP contribution < -0.4 is 16.0 Å². The highest BCUT2D eigenvalue weighted by atomic mass is 16.3. The average molecular weight is 364 g/mol. The molecule has 0 bridgehead atoms. The molecule has 6 nitrogen and oxygen atoms in total. The highest BCUT2D eigenvalue weighted by Crippen LogP contribution is 2.11. The Labute approximate surface area is 156 Å². The van der Waals surface area contributed by atoms with E-state index in [1.165, 1.54) is 0 Å². The zero-order valence-corrected chi connectivity index (χ0v) is 16.5. The van der Waals surface area contributed by atoms with Gasteiger partial charge in [-0.1, -0.05) is 45.9 Å². The molecular formula is C20H33N3O3. The highest BCUT2D eigenvalue weighted by Gasteiger charge is 2.28. The van der Waals surface area contributed by atoms with Crippen molar-refractivity contribution in [1.82, 2.24) is 10.6 Å². The van der Waals surface area contributed by atoms with Crippen LogP contribution >= 0.6 is 0 Å². The summed E-state index contributed by atoms with van der Waals surface area (Å²) in [6.07, 6.45) is 0.00270. The predicted molar refractivity (Wildman–Crippen MR) is 105 cm³/mol. The standard InChI is InChI=1S/C20H33N3O3/c1-13(2)11-17(19(25)22-16-9-7-6-8-10-16)23-20(26)18(14(3)4)21-12-15(5)24/h6-10,13-15,17-18,21,24H,11-12H2,1-5H3,(H,22,25)(H,23,26)/t15-,17+,18+/m1/s1. The van der Waals surface area contributed by atoms with Crippen LogP contribution in [-0.4, -0.2) is 41.7 Å². The number of hydrogen-bond acceptors (Lipinski definition) is 4. The quantitative estimate of drug-likeness (QED) is 0.513. The molecule has 26 heavy (non-hydrogen) atoms. The van der Waals surface area contributed by atoms with Gasteiger partial charge in [-0.2, -0.15) is 0 Å². The minimum atomic E-state index is -0.614. The maximum absolute atomic E-state index is 12.7. The smallest absolute Gasteiger partial charge is 0.246 e. The number of carbonyl (C=O) groups is 2. The molecule has 0 heterocycles. The predicted octanol–water partition coefficient (Wildman–Crippen LogP) is 2.15. The Kier molecular flexibility index (Phi) is 9.30. The van der Waals surface area contributed by atoms with Gasteiger partial charge in [0, 0.05) is 12.2 Å². The van der Waals surface area contributed by atoms with E-state index in [2.05, 4.69) is 16.0 Å². The Morgan fingerprint density at radius 2 is 1.62 bits per heavy atom. The van der Waals surface area contributed by atoms with Gasteiger partial charge in [0.25, 0.3) is 0 Å². The number of aliphatic hydroxyl groups excluding tert-OH is 1. The maximum Gasteiger partial charge on any atom is 0.246 e. The maximum atomic E-state index is 12.7. The van der Waals surface area contributed by atoms with Gasteiger partial charge in [-0.15, -0.1) is 0 Å². The third-order valence-corrected chi connectivity index (χ3v) is 3.96. The summed E-state index contributed by atoms with van der Waals surface area (Å²) in [5, 5.41) is 18.3. The van der Waals surface area contributed by atoms with Gasteiger partial charge < -0.3 is 21.1 Å². The van der Waals surface area contributed by atoms with E-state index in [-0.39, 0.29) is 23.7 Å². The van der Waals surface area contributed by atoms with Crippen molar-refractivity contribution in [2.75, 3.05) is 11.9 Å². The molecule has 0 aliphatic heterocycles. The molecule has 0 unspecified atom stereocenters. The number of carbonyl (C=O) groups excluding carboxylic acids is 2. The van der Waals surface area contributed by atoms with Crippen molar-refractivity contribution in [3.8, 4) is 0 Å². The fourth-order valence-corrected chi connectivity index (χ4v) is 2.64. The van der Waals surface area contributed by atoms with Crippen molar-refractivity contribution in [3.63, 3.8) is 0 Å². The van der Waals surface area contributed by atoms with Crippen molar-refractivity contribution in [3.05, 3.63) is 30.3 Å². The molecule has 1 aromatic rings. The average Bonchev–Trinajstić information content (AvgIpc) is 2.54. The van der Waals surface area contributed by atoms with Crippen LogP contribution in [0.25, 0.3) is 0 Å². The minimum Gasteiger partial charge on any atom is -0.392 e. The van der Waals surface area contributed by atoms with E-state index in [9.17, 15) is 14.7 Å². The fraction of sp³-hybridized carbons (Fsp3) is 0.600. The largest absolute Gasteiger partial charge is 0.392 e. The summed E-state index contributed by atoms with van der Waals surface area (Å²) < 4.78 is 0. The molecular weight excluding hydrogens is 330 g/mol. The van der Waals surface area contributed by atoms with E-state index in [0.29, 0.717) is 18.7 Å². The molecule has 3 atom stereocenters. The summed E-state index contributed by atoms with van der Waals surface area (Å²) >= 11 is 0. The SMILES string of the molecule is CC(C)C[C@H](NC(=O)[C@@H](NC[C@@H](C)O)C(C)C)C(=O)Nc1ccccc1. The van der Waals surface area contributed by atoms with E-state index in [1.807, 2.05) is 58.0 Å². The zero-order valence-electron chi connectivity index (χ0n) is 16.5. The second-order valence-electron chi connectivity index (χ2n) is 7.52. The topological polar surface area (TPSA) is 90.5 Å². The molecule has 0 saturated carbocycles. The van der Waals surface area contributed by atoms with Crippen LogP contribution in [0.4, 0.5) is 5.69 Å². The minimum absolute atomic E-state index is 0.0330. The van der Waals surface area contributed by atoms with Gasteiger partial charge in [0.2, 0.25) is 11.8 Å². The number of para-hydroxylation sites is 1. The Hall–Kier alpha value is -1.92. The van der Waals surface area contributed by atoms with Crippen LogP contribution in [-0.2, 0) is 9.59 Å². The number of rotatable bonds is 10. The number of amides is 2. The van der Waals surface area contributed by atoms with E-state index < -0.39 is 18.2 Å². The first kappa shape index (κ1) is 22.1. The van der Waals surface area contributed by atoms with Gasteiger partial charge in [-0.05, 0) is 37.3 Å². The highest BCUT2D eigenvalue weighted by molar-refractivity contribution is 5.97. The van der Waals surface area contributed by atoms with E-state index in [1.54, 1.807) is 6.92 Å². The fourth-order valence-electron chi connectivity index (χ4n) is 2.64. The summed E-state index contributed by atoms with van der Waals surface area (Å²) in [6.45, 7) is 9.88. The molecule has 2 amide bonds. The molecule has 1 aromatic carbocycles. The Balaban J connectivity index is 2.80. The number of aliphatic hydroxyl groups is 1. The monoisotopic (exact) mass is 363 g/mol. The summed E-state index contributed by atoms with van der Waals surface area (Å²) in [6, 6.07) is 8.12. The molecule has 0 aliphatic carbocycles. The van der Waals surface area contributed by atoms with Gasteiger partial charge in [0.1, 0.15) is 6.04 Å². The van der Waals surface area contributed by atoms with Gasteiger partial charge in [0.15, 0.2) is 0 Å².